The predicted molar refractivity (Wildman–Crippen MR) is 141 cm³/mol. The highest BCUT2D eigenvalue weighted by Gasteiger charge is 2.35. The van der Waals surface area contributed by atoms with E-state index in [2.05, 4.69) is 15.5 Å². The van der Waals surface area contributed by atoms with Gasteiger partial charge < -0.3 is 10.2 Å². The van der Waals surface area contributed by atoms with Gasteiger partial charge in [-0.2, -0.15) is 10.2 Å². The number of amides is 2. The van der Waals surface area contributed by atoms with Gasteiger partial charge in [-0.1, -0.05) is 42.5 Å². The molecular weight excluding hydrogens is 454 g/mol. The smallest absolute Gasteiger partial charge is 0.247 e. The lowest BCUT2D eigenvalue weighted by Crippen LogP contribution is -2.47. The van der Waals surface area contributed by atoms with E-state index in [0.717, 1.165) is 22.9 Å². The highest BCUT2D eigenvalue weighted by molar-refractivity contribution is 6.07. The van der Waals surface area contributed by atoms with Crippen molar-refractivity contribution >= 4 is 39.6 Å². The van der Waals surface area contributed by atoms with Crippen molar-refractivity contribution < 1.29 is 14.4 Å². The molecule has 1 aliphatic rings. The molecule has 1 aliphatic heterocycles. The fraction of sp³-hybridized carbons (Fsp3) is 0.357. The Morgan fingerprint density at radius 3 is 2.42 bits per heavy atom. The number of carbonyl (C=O) groups is 2. The molecule has 1 heterocycles. The number of rotatable bonds is 7. The molecule has 0 spiro atoms. The van der Waals surface area contributed by atoms with Crippen LogP contribution in [0.15, 0.2) is 77.0 Å². The van der Waals surface area contributed by atoms with Crippen molar-refractivity contribution in [2.24, 2.45) is 10.2 Å². The zero-order valence-electron chi connectivity index (χ0n) is 21.3. The number of hydrogen-bond donors (Lipinski definition) is 1. The lowest BCUT2D eigenvalue weighted by Gasteiger charge is -2.29. The van der Waals surface area contributed by atoms with E-state index >= 15 is 0 Å². The summed E-state index contributed by atoms with van der Waals surface area (Å²) in [5.41, 5.74) is 1.77. The van der Waals surface area contributed by atoms with Gasteiger partial charge in [-0.3, -0.25) is 14.4 Å². The van der Waals surface area contributed by atoms with Gasteiger partial charge in [-0.15, -0.1) is 5.11 Å². The molecule has 3 aromatic carbocycles. The minimum Gasteiger partial charge on any atom is -0.329 e. The molecule has 0 unspecified atom stereocenters. The van der Waals surface area contributed by atoms with Gasteiger partial charge in [-0.05, 0) is 57.9 Å². The third-order valence-corrected chi connectivity index (χ3v) is 5.85. The predicted octanol–water partition coefficient (Wildman–Crippen LogP) is 5.85. The Bertz CT molecular complexity index is 1250. The van der Waals surface area contributed by atoms with Gasteiger partial charge in [0.15, 0.2) is 0 Å². The second kappa shape index (κ2) is 11.0. The van der Waals surface area contributed by atoms with Crippen LogP contribution in [0.3, 0.4) is 0 Å². The van der Waals surface area contributed by atoms with Crippen LogP contribution < -0.4 is 5.32 Å². The Balaban J connectivity index is 1.49. The van der Waals surface area contributed by atoms with Gasteiger partial charge >= 0.3 is 0 Å². The Kier molecular flexibility index (Phi) is 7.76. The number of likely N-dealkylation sites (tertiary alicyclic amines) is 1. The molecule has 1 atom stereocenters. The summed E-state index contributed by atoms with van der Waals surface area (Å²) in [6.07, 6.45) is 1.41. The molecule has 4 rings (SSSR count). The van der Waals surface area contributed by atoms with Gasteiger partial charge in [0.2, 0.25) is 11.8 Å². The van der Waals surface area contributed by atoms with Crippen molar-refractivity contribution in [2.75, 3.05) is 25.5 Å². The van der Waals surface area contributed by atoms with Crippen molar-refractivity contribution in [3.8, 4) is 0 Å². The second-order valence-electron chi connectivity index (χ2n) is 9.94. The molecule has 36 heavy (non-hydrogen) atoms. The molecule has 1 fully saturated rings. The Hall–Kier alpha value is -3.62. The average molecular weight is 488 g/mol. The number of nitrogens with zero attached hydrogens (tertiary/aromatic N) is 4. The van der Waals surface area contributed by atoms with E-state index < -0.39 is 11.6 Å². The molecule has 3 aromatic rings. The number of hydroxylamine groups is 2. The first-order valence-corrected chi connectivity index (χ1v) is 12.2. The first-order chi connectivity index (χ1) is 17.2. The van der Waals surface area contributed by atoms with Crippen LogP contribution in [0.1, 0.15) is 33.6 Å². The first kappa shape index (κ1) is 25.5. The van der Waals surface area contributed by atoms with Crippen LogP contribution in [-0.4, -0.2) is 53.6 Å². The zero-order chi connectivity index (χ0) is 25.7. The molecule has 0 aromatic heterocycles. The third kappa shape index (κ3) is 6.33. The van der Waals surface area contributed by atoms with E-state index in [1.165, 1.54) is 5.06 Å². The zero-order valence-corrected chi connectivity index (χ0v) is 21.3. The van der Waals surface area contributed by atoms with Crippen LogP contribution in [0.25, 0.3) is 10.8 Å². The van der Waals surface area contributed by atoms with Crippen LogP contribution >= 0.6 is 0 Å². The number of benzene rings is 3. The summed E-state index contributed by atoms with van der Waals surface area (Å²) in [7, 11) is 1.73. The van der Waals surface area contributed by atoms with Crippen LogP contribution in [0.2, 0.25) is 0 Å². The molecule has 8 heteroatoms. The summed E-state index contributed by atoms with van der Waals surface area (Å²) >= 11 is 0. The SMILES string of the molecule is CN(CC(=O)N1CCC[C@H]1C(=O)Nc1ccc(/N=N/c2ccccc2)c2ccccc12)OC(C)(C)C. The normalized spacial score (nSPS) is 16.2. The lowest BCUT2D eigenvalue weighted by molar-refractivity contribution is -0.215. The fourth-order valence-corrected chi connectivity index (χ4v) is 4.42. The van der Waals surface area contributed by atoms with Gasteiger partial charge in [0.25, 0.3) is 0 Å². The maximum Gasteiger partial charge on any atom is 0.247 e. The average Bonchev–Trinajstić information content (AvgIpc) is 3.33. The van der Waals surface area contributed by atoms with Crippen molar-refractivity contribution in [3.05, 3.63) is 66.7 Å². The summed E-state index contributed by atoms with van der Waals surface area (Å²) in [6, 6.07) is 20.5. The van der Waals surface area contributed by atoms with E-state index in [4.69, 9.17) is 4.84 Å². The molecule has 188 valence electrons. The van der Waals surface area contributed by atoms with E-state index in [1.807, 2.05) is 87.5 Å². The summed E-state index contributed by atoms with van der Waals surface area (Å²) in [5.74, 6) is -0.315. The standard InChI is InChI=1S/C28H33N5O3/c1-28(2,3)36-32(4)19-26(34)33-18-10-15-25(33)27(35)29-23-16-17-24(22-14-9-8-13-21(22)23)31-30-20-11-6-5-7-12-20/h5-9,11-14,16-17,25H,10,15,18-19H2,1-4H3,(H,29,35)/b31-30+/t25-/m0/s1. The highest BCUT2D eigenvalue weighted by atomic mass is 16.7. The number of carbonyl (C=O) groups excluding carboxylic acids is 2. The van der Waals surface area contributed by atoms with Crippen LogP contribution in [0, 0.1) is 0 Å². The van der Waals surface area contributed by atoms with E-state index in [9.17, 15) is 9.59 Å². The summed E-state index contributed by atoms with van der Waals surface area (Å²) in [5, 5.41) is 15.1. The van der Waals surface area contributed by atoms with Crippen molar-refractivity contribution in [3.63, 3.8) is 0 Å². The molecule has 1 N–H and O–H groups in total. The van der Waals surface area contributed by atoms with Crippen LogP contribution in [0.4, 0.5) is 17.1 Å². The molecule has 1 saturated heterocycles. The minimum atomic E-state index is -0.517. The van der Waals surface area contributed by atoms with E-state index in [1.54, 1.807) is 11.9 Å². The Morgan fingerprint density at radius 1 is 1.00 bits per heavy atom. The maximum atomic E-state index is 13.3. The summed E-state index contributed by atoms with van der Waals surface area (Å²) in [4.78, 5) is 33.6. The molecule has 8 nitrogen and oxygen atoms in total. The quantitative estimate of drug-likeness (QED) is 0.335. The van der Waals surface area contributed by atoms with Crippen molar-refractivity contribution in [2.45, 2.75) is 45.3 Å². The number of likely N-dealkylation sites (N-methyl/N-ethyl adjacent to an activating group) is 1. The summed E-state index contributed by atoms with van der Waals surface area (Å²) in [6.45, 7) is 6.43. The number of fused-ring (bicyclic) bond motifs is 1. The van der Waals surface area contributed by atoms with Crippen LogP contribution in [0.5, 0.6) is 0 Å². The number of azo groups is 1. The number of nitrogens with one attached hydrogen (secondary N) is 1. The molecular formula is C28H33N5O3. The molecule has 0 radical (unpaired) electrons. The third-order valence-electron chi connectivity index (χ3n) is 5.85. The first-order valence-electron chi connectivity index (χ1n) is 12.2. The van der Waals surface area contributed by atoms with E-state index in [-0.39, 0.29) is 18.4 Å². The van der Waals surface area contributed by atoms with Gasteiger partial charge in [-0.25, -0.2) is 0 Å². The largest absolute Gasteiger partial charge is 0.329 e. The van der Waals surface area contributed by atoms with Gasteiger partial charge in [0, 0.05) is 30.1 Å². The highest BCUT2D eigenvalue weighted by Crippen LogP contribution is 2.33. The van der Waals surface area contributed by atoms with Crippen LogP contribution in [-0.2, 0) is 14.4 Å². The topological polar surface area (TPSA) is 86.6 Å². The Morgan fingerprint density at radius 2 is 1.69 bits per heavy atom. The Labute approximate surface area is 211 Å². The molecule has 0 aliphatic carbocycles. The maximum absolute atomic E-state index is 13.3. The molecule has 0 bridgehead atoms. The second-order valence-corrected chi connectivity index (χ2v) is 9.94. The van der Waals surface area contributed by atoms with Gasteiger partial charge in [0.05, 0.1) is 17.0 Å². The van der Waals surface area contributed by atoms with Gasteiger partial charge in [0.1, 0.15) is 12.6 Å². The van der Waals surface area contributed by atoms with Crippen molar-refractivity contribution in [1.82, 2.24) is 9.96 Å². The fourth-order valence-electron chi connectivity index (χ4n) is 4.42. The molecule has 0 saturated carbocycles. The minimum absolute atomic E-state index is 0.0884. The summed E-state index contributed by atoms with van der Waals surface area (Å²) < 4.78 is 0. The lowest BCUT2D eigenvalue weighted by atomic mass is 10.1. The monoisotopic (exact) mass is 487 g/mol. The van der Waals surface area contributed by atoms with E-state index in [0.29, 0.717) is 24.3 Å². The number of anilines is 1. The number of hydrogen-bond acceptors (Lipinski definition) is 6. The molecule has 2 amide bonds. The van der Waals surface area contributed by atoms with Crippen molar-refractivity contribution in [1.29, 1.82) is 0 Å².